The summed E-state index contributed by atoms with van der Waals surface area (Å²) in [5, 5.41) is 11.8. The monoisotopic (exact) mass is 363 g/mol. The number of primary amides is 1. The van der Waals surface area contributed by atoms with E-state index in [1.54, 1.807) is 41.5 Å². The van der Waals surface area contributed by atoms with Gasteiger partial charge < -0.3 is 15.4 Å². The van der Waals surface area contributed by atoms with E-state index in [9.17, 15) is 14.9 Å². The van der Waals surface area contributed by atoms with Gasteiger partial charge >= 0.3 is 5.97 Å². The molecule has 0 aliphatic carbocycles. The van der Waals surface area contributed by atoms with E-state index in [4.69, 9.17) is 22.1 Å². The minimum atomic E-state index is -0.829. The molecule has 124 valence electrons. The molecule has 0 saturated carbocycles. The molecule has 1 aromatic rings. The first kappa shape index (κ1) is 17.9. The molecular weight excluding hydrogens is 350 g/mol. The molecule has 1 amide bonds. The van der Waals surface area contributed by atoms with E-state index in [-0.39, 0.29) is 18.6 Å². The highest BCUT2D eigenvalue weighted by Crippen LogP contribution is 2.41. The van der Waals surface area contributed by atoms with E-state index in [1.165, 1.54) is 0 Å². The van der Waals surface area contributed by atoms with Crippen molar-refractivity contribution in [1.82, 2.24) is 0 Å². The van der Waals surface area contributed by atoms with Crippen LogP contribution in [0.25, 0.3) is 0 Å². The molecule has 2 rings (SSSR count). The topological polar surface area (TPSA) is 96.4 Å². The van der Waals surface area contributed by atoms with Crippen molar-refractivity contribution in [3.63, 3.8) is 0 Å². The molecule has 0 aromatic heterocycles. The van der Waals surface area contributed by atoms with Crippen LogP contribution in [0.1, 0.15) is 13.3 Å². The van der Waals surface area contributed by atoms with Gasteiger partial charge in [-0.25, -0.2) is 0 Å². The van der Waals surface area contributed by atoms with Gasteiger partial charge in [0.05, 0.1) is 13.0 Å². The van der Waals surface area contributed by atoms with Crippen LogP contribution in [0.5, 0.6) is 0 Å². The predicted molar refractivity (Wildman–Crippen MR) is 92.7 cm³/mol. The van der Waals surface area contributed by atoms with Crippen molar-refractivity contribution < 1.29 is 14.3 Å². The molecule has 0 atom stereocenters. The summed E-state index contributed by atoms with van der Waals surface area (Å²) in [6, 6.07) is 8.62. The Labute approximate surface area is 148 Å². The van der Waals surface area contributed by atoms with E-state index in [2.05, 4.69) is 0 Å². The first-order valence-corrected chi connectivity index (χ1v) is 8.24. The molecule has 0 radical (unpaired) electrons. The zero-order valence-corrected chi connectivity index (χ0v) is 14.4. The lowest BCUT2D eigenvalue weighted by atomic mass is 10.2. The lowest BCUT2D eigenvalue weighted by Crippen LogP contribution is -2.24. The van der Waals surface area contributed by atoms with E-state index in [0.29, 0.717) is 21.4 Å². The van der Waals surface area contributed by atoms with Crippen LogP contribution in [-0.4, -0.2) is 18.5 Å². The number of thioether (sulfide) groups is 1. The number of benzene rings is 1. The van der Waals surface area contributed by atoms with Gasteiger partial charge in [-0.05, 0) is 36.6 Å². The summed E-state index contributed by atoms with van der Waals surface area (Å²) in [6.45, 7) is 1.99. The minimum Gasteiger partial charge on any atom is -0.466 e. The highest BCUT2D eigenvalue weighted by atomic mass is 35.5. The average Bonchev–Trinajstić information content (AvgIpc) is 2.92. The maximum Gasteiger partial charge on any atom is 0.311 e. The van der Waals surface area contributed by atoms with Gasteiger partial charge in [-0.3, -0.25) is 9.59 Å². The van der Waals surface area contributed by atoms with Crippen LogP contribution < -0.4 is 10.6 Å². The van der Waals surface area contributed by atoms with Gasteiger partial charge in [-0.2, -0.15) is 5.26 Å². The van der Waals surface area contributed by atoms with Crippen molar-refractivity contribution in [3.05, 3.63) is 51.0 Å². The van der Waals surface area contributed by atoms with E-state index in [0.717, 1.165) is 11.8 Å². The normalized spacial score (nSPS) is 15.5. The molecule has 0 spiro atoms. The highest BCUT2D eigenvalue weighted by Gasteiger charge is 2.29. The Balaban J connectivity index is 2.46. The fraction of sp³-hybridized carbons (Fsp3) is 0.188. The Kier molecular flexibility index (Phi) is 5.90. The fourth-order valence-corrected chi connectivity index (χ4v) is 3.25. The first-order valence-electron chi connectivity index (χ1n) is 6.99. The molecular formula is C16H14ClN3O3S. The maximum atomic E-state index is 11.8. The summed E-state index contributed by atoms with van der Waals surface area (Å²) in [5.41, 5.74) is 6.36. The van der Waals surface area contributed by atoms with Crippen molar-refractivity contribution in [2.24, 2.45) is 5.73 Å². The second-order valence-electron chi connectivity index (χ2n) is 4.68. The number of esters is 1. The van der Waals surface area contributed by atoms with Gasteiger partial charge in [-0.1, -0.05) is 23.4 Å². The van der Waals surface area contributed by atoms with Gasteiger partial charge in [0.1, 0.15) is 16.7 Å². The zero-order chi connectivity index (χ0) is 17.7. The third-order valence-electron chi connectivity index (χ3n) is 3.08. The summed E-state index contributed by atoms with van der Waals surface area (Å²) < 4.78 is 4.97. The Morgan fingerprint density at radius 3 is 2.58 bits per heavy atom. The molecule has 1 heterocycles. The number of hydrogen-bond acceptors (Lipinski definition) is 6. The lowest BCUT2D eigenvalue weighted by molar-refractivity contribution is -0.142. The Hall–Kier alpha value is -2.43. The average molecular weight is 364 g/mol. The number of anilines is 1. The van der Waals surface area contributed by atoms with Crippen LogP contribution in [0.3, 0.4) is 0 Å². The third-order valence-corrected chi connectivity index (χ3v) is 4.34. The molecule has 1 aliphatic heterocycles. The number of amides is 1. The van der Waals surface area contributed by atoms with Gasteiger partial charge in [0, 0.05) is 16.4 Å². The number of nitrogens with two attached hydrogens (primary N) is 1. The van der Waals surface area contributed by atoms with Crippen molar-refractivity contribution >= 4 is 40.9 Å². The number of nitrogens with zero attached hydrogens (tertiary/aromatic N) is 2. The molecule has 0 bridgehead atoms. The van der Waals surface area contributed by atoms with Crippen LogP contribution in [0.15, 0.2) is 46.0 Å². The van der Waals surface area contributed by atoms with Gasteiger partial charge in [0.2, 0.25) is 0 Å². The number of carbonyl (C=O) groups excluding carboxylic acids is 2. The van der Waals surface area contributed by atoms with E-state index in [1.807, 2.05) is 6.07 Å². The largest absolute Gasteiger partial charge is 0.466 e. The molecule has 2 N–H and O–H groups in total. The maximum absolute atomic E-state index is 11.8. The number of nitriles is 1. The Bertz CT molecular complexity index is 766. The summed E-state index contributed by atoms with van der Waals surface area (Å²) in [5.74, 6) is -1.23. The van der Waals surface area contributed by atoms with Crippen molar-refractivity contribution in [3.8, 4) is 6.07 Å². The van der Waals surface area contributed by atoms with E-state index < -0.39 is 11.9 Å². The van der Waals surface area contributed by atoms with Crippen molar-refractivity contribution in [2.75, 3.05) is 11.5 Å². The Morgan fingerprint density at radius 1 is 1.38 bits per heavy atom. The number of halogens is 1. The quantitative estimate of drug-likeness (QED) is 0.491. The molecule has 1 aliphatic rings. The molecule has 0 fully saturated rings. The van der Waals surface area contributed by atoms with E-state index >= 15 is 0 Å². The Morgan fingerprint density at radius 2 is 2.04 bits per heavy atom. The molecule has 1 aromatic carbocycles. The molecule has 6 nitrogen and oxygen atoms in total. The predicted octanol–water partition coefficient (Wildman–Crippen LogP) is 2.91. The summed E-state index contributed by atoms with van der Waals surface area (Å²) in [7, 11) is 0. The van der Waals surface area contributed by atoms with Crippen molar-refractivity contribution in [2.45, 2.75) is 13.3 Å². The second kappa shape index (κ2) is 7.90. The SMILES string of the molecule is CCOC(=O)CC1=CSC(=C(C#N)C(N)=O)N1c1ccc(Cl)cc1. The molecule has 24 heavy (non-hydrogen) atoms. The van der Waals surface area contributed by atoms with Crippen LogP contribution in [0.2, 0.25) is 5.02 Å². The summed E-state index contributed by atoms with van der Waals surface area (Å²) >= 11 is 7.06. The van der Waals surface area contributed by atoms with Gasteiger partial charge in [-0.15, -0.1) is 0 Å². The second-order valence-corrected chi connectivity index (χ2v) is 5.97. The molecule has 0 unspecified atom stereocenters. The van der Waals surface area contributed by atoms with Crippen LogP contribution in [0.4, 0.5) is 5.69 Å². The fourth-order valence-electron chi connectivity index (χ4n) is 2.09. The first-order chi connectivity index (χ1) is 11.5. The van der Waals surface area contributed by atoms with Gasteiger partial charge in [0.25, 0.3) is 5.91 Å². The number of hydrogen-bond donors (Lipinski definition) is 1. The lowest BCUT2D eigenvalue weighted by Gasteiger charge is -2.23. The standard InChI is InChI=1S/C16H14ClN3O3S/c1-2-23-14(21)7-12-9-24-16(13(8-18)15(19)22)20(12)11-5-3-10(17)4-6-11/h3-6,9H,2,7H2,1H3,(H2,19,22). The third kappa shape index (κ3) is 3.91. The molecule has 0 saturated heterocycles. The number of carbonyl (C=O) groups is 2. The summed E-state index contributed by atoms with van der Waals surface area (Å²) in [4.78, 5) is 25.0. The minimum absolute atomic E-state index is 0.00440. The smallest absolute Gasteiger partial charge is 0.311 e. The van der Waals surface area contributed by atoms with Crippen LogP contribution in [0, 0.1) is 11.3 Å². The number of ether oxygens (including phenoxy) is 1. The van der Waals surface area contributed by atoms with Crippen LogP contribution >= 0.6 is 23.4 Å². The van der Waals surface area contributed by atoms with Gasteiger partial charge in [0.15, 0.2) is 0 Å². The molecule has 8 heteroatoms. The summed E-state index contributed by atoms with van der Waals surface area (Å²) in [6.07, 6.45) is 0.00440. The number of rotatable bonds is 5. The van der Waals surface area contributed by atoms with Crippen LogP contribution in [-0.2, 0) is 14.3 Å². The van der Waals surface area contributed by atoms with Crippen molar-refractivity contribution in [1.29, 1.82) is 5.26 Å². The highest BCUT2D eigenvalue weighted by molar-refractivity contribution is 8.06. The zero-order valence-electron chi connectivity index (χ0n) is 12.8.